The van der Waals surface area contributed by atoms with E-state index in [1.165, 1.54) is 0 Å². The molecule has 2 rings (SSSR count). The van der Waals surface area contributed by atoms with Gasteiger partial charge in [0.25, 0.3) is 0 Å². The van der Waals surface area contributed by atoms with Crippen LogP contribution >= 0.6 is 0 Å². The van der Waals surface area contributed by atoms with Crippen molar-refractivity contribution in [3.05, 3.63) is 35.9 Å². The molecule has 1 aromatic carbocycles. The van der Waals surface area contributed by atoms with Gasteiger partial charge in [-0.2, -0.15) is 0 Å². The maximum Gasteiger partial charge on any atom is 0.120 e. The highest BCUT2D eigenvalue weighted by Crippen LogP contribution is 2.28. The highest BCUT2D eigenvalue weighted by atomic mass is 16.5. The van der Waals surface area contributed by atoms with Crippen LogP contribution in [0.4, 0.5) is 0 Å². The highest BCUT2D eigenvalue weighted by Gasteiger charge is 2.23. The first-order valence-corrected chi connectivity index (χ1v) is 4.82. The number of hydrogen-bond donors (Lipinski definition) is 1. The average Bonchev–Trinajstić information content (AvgIpc) is 2.87. The predicted octanol–water partition coefficient (Wildman–Crippen LogP) is 3.06. The van der Waals surface area contributed by atoms with Crippen molar-refractivity contribution in [1.29, 1.82) is 0 Å². The van der Waals surface area contributed by atoms with Gasteiger partial charge in [0.2, 0.25) is 0 Å². The SMILES string of the molecule is C=C(O)c1cc(C)cc(OC2CC2)c1. The Morgan fingerprint density at radius 1 is 1.43 bits per heavy atom. The first kappa shape index (κ1) is 9.13. The maximum atomic E-state index is 9.27. The van der Waals surface area contributed by atoms with Gasteiger partial charge in [-0.25, -0.2) is 0 Å². The lowest BCUT2D eigenvalue weighted by atomic mass is 10.1. The molecule has 0 aliphatic heterocycles. The molecule has 0 spiro atoms. The van der Waals surface area contributed by atoms with Crippen LogP contribution in [-0.2, 0) is 0 Å². The number of ether oxygens (including phenoxy) is 1. The van der Waals surface area contributed by atoms with Crippen LogP contribution in [0.1, 0.15) is 24.0 Å². The Morgan fingerprint density at radius 2 is 2.14 bits per heavy atom. The van der Waals surface area contributed by atoms with Gasteiger partial charge in [-0.3, -0.25) is 0 Å². The normalized spacial score (nSPS) is 15.2. The highest BCUT2D eigenvalue weighted by molar-refractivity contribution is 5.58. The molecule has 1 N–H and O–H groups in total. The fourth-order valence-electron chi connectivity index (χ4n) is 1.36. The zero-order valence-corrected chi connectivity index (χ0v) is 8.29. The second-order valence-electron chi connectivity index (χ2n) is 3.80. The van der Waals surface area contributed by atoms with Gasteiger partial charge in [-0.15, -0.1) is 0 Å². The van der Waals surface area contributed by atoms with Gasteiger partial charge in [-0.05, 0) is 43.5 Å². The zero-order valence-electron chi connectivity index (χ0n) is 8.29. The Morgan fingerprint density at radius 3 is 2.71 bits per heavy atom. The first-order valence-electron chi connectivity index (χ1n) is 4.82. The molecule has 0 amide bonds. The van der Waals surface area contributed by atoms with Gasteiger partial charge in [-0.1, -0.05) is 6.58 Å². The van der Waals surface area contributed by atoms with Crippen LogP contribution in [0.25, 0.3) is 5.76 Å². The average molecular weight is 190 g/mol. The van der Waals surface area contributed by atoms with Crippen LogP contribution in [0, 0.1) is 6.92 Å². The van der Waals surface area contributed by atoms with E-state index >= 15 is 0 Å². The van der Waals surface area contributed by atoms with E-state index in [1.807, 2.05) is 25.1 Å². The lowest BCUT2D eigenvalue weighted by molar-refractivity contribution is 0.303. The molecular weight excluding hydrogens is 176 g/mol. The Balaban J connectivity index is 2.25. The van der Waals surface area contributed by atoms with Crippen molar-refractivity contribution in [3.8, 4) is 5.75 Å². The van der Waals surface area contributed by atoms with Gasteiger partial charge >= 0.3 is 0 Å². The van der Waals surface area contributed by atoms with Crippen LogP contribution in [0.2, 0.25) is 0 Å². The summed E-state index contributed by atoms with van der Waals surface area (Å²) in [5.41, 5.74) is 1.81. The first-order chi connectivity index (χ1) is 6.65. The molecule has 0 aromatic heterocycles. The van der Waals surface area contributed by atoms with Crippen molar-refractivity contribution in [2.75, 3.05) is 0 Å². The molecule has 1 saturated carbocycles. The lowest BCUT2D eigenvalue weighted by Crippen LogP contribution is -1.97. The topological polar surface area (TPSA) is 29.5 Å². The monoisotopic (exact) mass is 190 g/mol. The summed E-state index contributed by atoms with van der Waals surface area (Å²) >= 11 is 0. The molecule has 0 unspecified atom stereocenters. The predicted molar refractivity (Wildman–Crippen MR) is 56.5 cm³/mol. The maximum absolute atomic E-state index is 9.27. The van der Waals surface area contributed by atoms with Crippen LogP contribution in [0.5, 0.6) is 5.75 Å². The van der Waals surface area contributed by atoms with Crippen molar-refractivity contribution in [2.45, 2.75) is 25.9 Å². The minimum atomic E-state index is 0.0920. The summed E-state index contributed by atoms with van der Waals surface area (Å²) in [5.74, 6) is 0.923. The van der Waals surface area contributed by atoms with Crippen LogP contribution in [0.3, 0.4) is 0 Å². The Labute approximate surface area is 83.8 Å². The van der Waals surface area contributed by atoms with Gasteiger partial charge in [0, 0.05) is 5.56 Å². The quantitative estimate of drug-likeness (QED) is 0.742. The van der Waals surface area contributed by atoms with Crippen molar-refractivity contribution in [2.24, 2.45) is 0 Å². The van der Waals surface area contributed by atoms with Crippen LogP contribution in [-0.4, -0.2) is 11.2 Å². The molecule has 0 saturated heterocycles. The number of benzene rings is 1. The molecule has 1 aliphatic rings. The Hall–Kier alpha value is -1.44. The van der Waals surface area contributed by atoms with Crippen molar-refractivity contribution in [1.82, 2.24) is 0 Å². The minimum Gasteiger partial charge on any atom is -0.508 e. The Bertz CT molecular complexity index is 365. The van der Waals surface area contributed by atoms with Crippen molar-refractivity contribution >= 4 is 5.76 Å². The third-order valence-electron chi connectivity index (χ3n) is 2.21. The molecule has 0 radical (unpaired) electrons. The van der Waals surface area contributed by atoms with Gasteiger partial charge < -0.3 is 9.84 Å². The van der Waals surface area contributed by atoms with Crippen LogP contribution < -0.4 is 4.74 Å². The summed E-state index contributed by atoms with van der Waals surface area (Å²) in [4.78, 5) is 0. The van der Waals surface area contributed by atoms with Gasteiger partial charge in [0.15, 0.2) is 0 Å². The standard InChI is InChI=1S/C12H14O2/c1-8-5-10(9(2)13)7-12(6-8)14-11-3-4-11/h5-7,11,13H,2-4H2,1H3. The third-order valence-corrected chi connectivity index (χ3v) is 2.21. The largest absolute Gasteiger partial charge is 0.508 e. The fourth-order valence-corrected chi connectivity index (χ4v) is 1.36. The molecular formula is C12H14O2. The molecule has 1 aliphatic carbocycles. The Kier molecular flexibility index (Phi) is 2.20. The molecule has 0 heterocycles. The minimum absolute atomic E-state index is 0.0920. The van der Waals surface area contributed by atoms with Gasteiger partial charge in [0.05, 0.1) is 6.10 Å². The number of hydrogen-bond acceptors (Lipinski definition) is 2. The number of rotatable bonds is 3. The van der Waals surface area contributed by atoms with E-state index in [4.69, 9.17) is 4.74 Å². The van der Waals surface area contributed by atoms with E-state index in [1.54, 1.807) is 0 Å². The molecule has 1 fully saturated rings. The summed E-state index contributed by atoms with van der Waals surface area (Å²) in [7, 11) is 0. The molecule has 1 aromatic rings. The smallest absolute Gasteiger partial charge is 0.120 e. The summed E-state index contributed by atoms with van der Waals surface area (Å²) in [6, 6.07) is 5.69. The number of aliphatic hydroxyl groups excluding tert-OH is 1. The molecule has 2 heteroatoms. The van der Waals surface area contributed by atoms with E-state index in [0.29, 0.717) is 6.10 Å². The van der Waals surface area contributed by atoms with E-state index in [0.717, 1.165) is 29.7 Å². The molecule has 0 bridgehead atoms. The van der Waals surface area contributed by atoms with E-state index in [9.17, 15) is 5.11 Å². The van der Waals surface area contributed by atoms with E-state index in [2.05, 4.69) is 6.58 Å². The summed E-state index contributed by atoms with van der Waals surface area (Å²) in [6.07, 6.45) is 2.67. The molecule has 14 heavy (non-hydrogen) atoms. The van der Waals surface area contributed by atoms with E-state index < -0.39 is 0 Å². The summed E-state index contributed by atoms with van der Waals surface area (Å²) in [5, 5.41) is 9.27. The lowest BCUT2D eigenvalue weighted by Gasteiger charge is -2.07. The van der Waals surface area contributed by atoms with E-state index in [-0.39, 0.29) is 5.76 Å². The van der Waals surface area contributed by atoms with Gasteiger partial charge in [0.1, 0.15) is 11.5 Å². The molecule has 0 atom stereocenters. The molecule has 74 valence electrons. The number of aliphatic hydroxyl groups is 1. The second kappa shape index (κ2) is 3.37. The fraction of sp³-hybridized carbons (Fsp3) is 0.333. The third kappa shape index (κ3) is 2.08. The zero-order chi connectivity index (χ0) is 10.1. The second-order valence-corrected chi connectivity index (χ2v) is 3.80. The molecule has 2 nitrogen and oxygen atoms in total. The summed E-state index contributed by atoms with van der Waals surface area (Å²) < 4.78 is 5.64. The summed E-state index contributed by atoms with van der Waals surface area (Å²) in [6.45, 7) is 5.48. The van der Waals surface area contributed by atoms with Crippen LogP contribution in [0.15, 0.2) is 24.8 Å². The number of aryl methyl sites for hydroxylation is 1. The van der Waals surface area contributed by atoms with Crippen molar-refractivity contribution < 1.29 is 9.84 Å². The van der Waals surface area contributed by atoms with Crippen molar-refractivity contribution in [3.63, 3.8) is 0 Å².